The summed E-state index contributed by atoms with van der Waals surface area (Å²) in [6, 6.07) is 15.0. The Bertz CT molecular complexity index is 1420. The van der Waals surface area contributed by atoms with Crippen molar-refractivity contribution in [1.82, 2.24) is 0 Å². The fourth-order valence-electron chi connectivity index (χ4n) is 11.4. The average Bonchev–Trinajstić information content (AvgIpc) is 3.33. The molecule has 2 aromatic carbocycles. The van der Waals surface area contributed by atoms with Crippen molar-refractivity contribution in [2.45, 2.75) is 130 Å². The largest absolute Gasteiger partial charge is 0.496 e. The van der Waals surface area contributed by atoms with E-state index in [2.05, 4.69) is 104 Å². The number of hydrogen-bond acceptors (Lipinski definition) is 4. The molecule has 4 aliphatic carbocycles. The zero-order valence-corrected chi connectivity index (χ0v) is 31.8. The van der Waals surface area contributed by atoms with Crippen LogP contribution in [0.2, 0.25) is 18.1 Å². The van der Waals surface area contributed by atoms with E-state index in [-0.39, 0.29) is 32.8 Å². The number of rotatable bonds is 8. The lowest BCUT2D eigenvalue weighted by atomic mass is 9.37. The van der Waals surface area contributed by atoms with Gasteiger partial charge < -0.3 is 18.6 Å². The van der Waals surface area contributed by atoms with Crippen LogP contribution in [0.3, 0.4) is 0 Å². The molecule has 3 saturated carbocycles. The van der Waals surface area contributed by atoms with Crippen molar-refractivity contribution < 1.29 is 18.6 Å². The molecule has 0 unspecified atom stereocenters. The molecular formula is C41H62O4Si. The lowest BCUT2D eigenvalue weighted by molar-refractivity contribution is -0.216. The molecule has 4 aliphatic rings. The number of ether oxygens (including phenoxy) is 3. The van der Waals surface area contributed by atoms with Gasteiger partial charge in [0.1, 0.15) is 11.5 Å². The SMILES string of the molecule is COc1ccc(OC)c2c1C[C@H]1[C@]3(C)CC[C@@H]4[C@](C)(CC[C@H](O[Si](C)(C)C(C)(C)C)[C@@]4(C)COCc4ccccc4)[C@H]3CC[C@]21C. The Morgan fingerprint density at radius 1 is 0.761 bits per heavy atom. The molecule has 0 heterocycles. The van der Waals surface area contributed by atoms with Crippen LogP contribution in [0.4, 0.5) is 0 Å². The Morgan fingerprint density at radius 2 is 1.37 bits per heavy atom. The summed E-state index contributed by atoms with van der Waals surface area (Å²) in [5.74, 6) is 3.91. The molecule has 0 saturated heterocycles. The lowest BCUT2D eigenvalue weighted by Gasteiger charge is -2.69. The van der Waals surface area contributed by atoms with E-state index in [0.29, 0.717) is 24.4 Å². The molecule has 0 bridgehead atoms. The summed E-state index contributed by atoms with van der Waals surface area (Å²) in [5.41, 5.74) is 4.65. The molecule has 8 atom stereocenters. The Hall–Kier alpha value is -1.82. The summed E-state index contributed by atoms with van der Waals surface area (Å²) in [4.78, 5) is 0. The highest BCUT2D eigenvalue weighted by Gasteiger charge is 2.68. The van der Waals surface area contributed by atoms with Gasteiger partial charge in [0.05, 0.1) is 33.5 Å². The van der Waals surface area contributed by atoms with Crippen LogP contribution in [0.15, 0.2) is 42.5 Å². The van der Waals surface area contributed by atoms with Crippen molar-refractivity contribution in [1.29, 1.82) is 0 Å². The first-order valence-electron chi connectivity index (χ1n) is 18.1. The molecule has 0 aromatic heterocycles. The maximum absolute atomic E-state index is 7.43. The fourth-order valence-corrected chi connectivity index (χ4v) is 12.9. The maximum Gasteiger partial charge on any atom is 0.192 e. The van der Waals surface area contributed by atoms with Crippen LogP contribution >= 0.6 is 0 Å². The van der Waals surface area contributed by atoms with Gasteiger partial charge in [-0.15, -0.1) is 0 Å². The fraction of sp³-hybridized carbons (Fsp3) is 0.707. The second kappa shape index (κ2) is 11.7. The van der Waals surface area contributed by atoms with Gasteiger partial charge in [-0.1, -0.05) is 78.8 Å². The quantitative estimate of drug-likeness (QED) is 0.268. The molecule has 3 fully saturated rings. The van der Waals surface area contributed by atoms with Crippen molar-refractivity contribution in [2.24, 2.45) is 34.0 Å². The summed E-state index contributed by atoms with van der Waals surface area (Å²) in [5, 5.41) is 0.179. The van der Waals surface area contributed by atoms with E-state index in [1.165, 1.54) is 48.8 Å². The number of benzene rings is 2. The highest BCUT2D eigenvalue weighted by Crippen LogP contribution is 2.73. The highest BCUT2D eigenvalue weighted by molar-refractivity contribution is 6.74. The minimum atomic E-state index is -1.98. The maximum atomic E-state index is 7.43. The first-order valence-corrected chi connectivity index (χ1v) is 21.0. The minimum absolute atomic E-state index is 0.0372. The Balaban J connectivity index is 1.34. The van der Waals surface area contributed by atoms with E-state index in [9.17, 15) is 0 Å². The van der Waals surface area contributed by atoms with E-state index in [0.717, 1.165) is 30.9 Å². The van der Waals surface area contributed by atoms with Crippen LogP contribution in [0.5, 0.6) is 11.5 Å². The molecule has 5 heteroatoms. The summed E-state index contributed by atoms with van der Waals surface area (Å²) < 4.78 is 26.2. The zero-order valence-electron chi connectivity index (χ0n) is 30.8. The van der Waals surface area contributed by atoms with Gasteiger partial charge >= 0.3 is 0 Å². The monoisotopic (exact) mass is 646 g/mol. The smallest absolute Gasteiger partial charge is 0.192 e. The summed E-state index contributed by atoms with van der Waals surface area (Å²) in [6.45, 7) is 23.9. The molecule has 0 radical (unpaired) electrons. The van der Waals surface area contributed by atoms with Crippen molar-refractivity contribution >= 4 is 8.32 Å². The van der Waals surface area contributed by atoms with E-state index >= 15 is 0 Å². The van der Waals surface area contributed by atoms with E-state index in [4.69, 9.17) is 18.6 Å². The van der Waals surface area contributed by atoms with Gasteiger partial charge in [-0.25, -0.2) is 0 Å². The van der Waals surface area contributed by atoms with Gasteiger partial charge in [0.2, 0.25) is 0 Å². The number of methoxy groups -OCH3 is 2. The van der Waals surface area contributed by atoms with Crippen LogP contribution in [-0.4, -0.2) is 35.2 Å². The molecule has 0 aliphatic heterocycles. The molecular weight excluding hydrogens is 585 g/mol. The third kappa shape index (κ3) is 5.12. The minimum Gasteiger partial charge on any atom is -0.496 e. The van der Waals surface area contributed by atoms with Gasteiger partial charge in [-0.2, -0.15) is 0 Å². The summed E-state index contributed by atoms with van der Waals surface area (Å²) in [7, 11) is 1.69. The molecule has 254 valence electrons. The molecule has 0 spiro atoms. The molecule has 46 heavy (non-hydrogen) atoms. The summed E-state index contributed by atoms with van der Waals surface area (Å²) in [6.07, 6.45) is 8.67. The van der Waals surface area contributed by atoms with Gasteiger partial charge in [0.15, 0.2) is 8.32 Å². The van der Waals surface area contributed by atoms with Gasteiger partial charge in [-0.05, 0) is 109 Å². The van der Waals surface area contributed by atoms with E-state index in [1.807, 2.05) is 14.2 Å². The van der Waals surface area contributed by atoms with Crippen molar-refractivity contribution in [2.75, 3.05) is 20.8 Å². The van der Waals surface area contributed by atoms with Gasteiger partial charge in [0, 0.05) is 22.0 Å². The van der Waals surface area contributed by atoms with Gasteiger partial charge in [-0.3, -0.25) is 0 Å². The van der Waals surface area contributed by atoms with E-state index < -0.39 is 8.32 Å². The molecule has 0 N–H and O–H groups in total. The predicted molar refractivity (Wildman–Crippen MR) is 191 cm³/mol. The molecule has 6 rings (SSSR count). The average molecular weight is 647 g/mol. The van der Waals surface area contributed by atoms with Crippen LogP contribution in [0, 0.1) is 34.0 Å². The Kier molecular flexibility index (Phi) is 8.63. The highest BCUT2D eigenvalue weighted by atomic mass is 28.4. The second-order valence-corrected chi connectivity index (χ2v) is 22.8. The first kappa shape index (κ1) is 34.1. The third-order valence-electron chi connectivity index (χ3n) is 14.8. The zero-order chi connectivity index (χ0) is 33.3. The summed E-state index contributed by atoms with van der Waals surface area (Å²) >= 11 is 0. The van der Waals surface area contributed by atoms with Crippen molar-refractivity contribution in [3.8, 4) is 11.5 Å². The van der Waals surface area contributed by atoms with Crippen LogP contribution in [0.25, 0.3) is 0 Å². The standard InChI is InChI=1S/C41H62O4Si/c1-37(2,3)46(10,11)45-35-21-24-38(4)32-20-23-40(6)34(25-29-30(42-8)17-18-31(43-9)36(29)40)39(32,5)22-19-33(38)41(35,7)27-44-26-28-15-13-12-14-16-28/h12-18,32-35H,19-27H2,1-11H3/t32-,33-,34+,35+,38-,39-,40+,41+/m1/s1. The molecule has 2 aromatic rings. The molecule has 0 amide bonds. The van der Waals surface area contributed by atoms with Crippen LogP contribution < -0.4 is 9.47 Å². The first-order chi connectivity index (χ1) is 21.5. The third-order valence-corrected chi connectivity index (χ3v) is 19.3. The van der Waals surface area contributed by atoms with Gasteiger partial charge in [0.25, 0.3) is 0 Å². The lowest BCUT2D eigenvalue weighted by Crippen LogP contribution is -2.65. The number of hydrogen-bond donors (Lipinski definition) is 0. The van der Waals surface area contributed by atoms with Crippen LogP contribution in [-0.2, 0) is 27.6 Å². The normalized spacial score (nSPS) is 37.1. The Morgan fingerprint density at radius 3 is 2.02 bits per heavy atom. The van der Waals surface area contributed by atoms with Crippen molar-refractivity contribution in [3.63, 3.8) is 0 Å². The van der Waals surface area contributed by atoms with Crippen molar-refractivity contribution in [3.05, 3.63) is 59.2 Å². The predicted octanol–water partition coefficient (Wildman–Crippen LogP) is 10.4. The van der Waals surface area contributed by atoms with Crippen LogP contribution in [0.1, 0.15) is 104 Å². The number of fused-ring (bicyclic) bond motifs is 7. The van der Waals surface area contributed by atoms with E-state index in [1.54, 1.807) is 0 Å². The topological polar surface area (TPSA) is 36.9 Å². The second-order valence-electron chi connectivity index (χ2n) is 18.1. The Labute approximate surface area is 281 Å². The molecule has 4 nitrogen and oxygen atoms in total.